The molecule has 1 rings (SSSR count). The fraction of sp³-hybridized carbons (Fsp3) is 0.273. The molecule has 18 heavy (non-hydrogen) atoms. The van der Waals surface area contributed by atoms with Gasteiger partial charge in [0.25, 0.3) is 0 Å². The van der Waals surface area contributed by atoms with Crippen molar-refractivity contribution in [1.82, 2.24) is 0 Å². The average molecular weight is 275 g/mol. The van der Waals surface area contributed by atoms with E-state index in [1.54, 1.807) is 0 Å². The first-order valence-corrected chi connectivity index (χ1v) is 6.08. The molecule has 98 valence electrons. The molecule has 0 radical (unpaired) electrons. The van der Waals surface area contributed by atoms with Crippen LogP contribution in [0.25, 0.3) is 0 Å². The van der Waals surface area contributed by atoms with Crippen molar-refractivity contribution in [2.24, 2.45) is 15.9 Å². The van der Waals surface area contributed by atoms with Crippen LogP contribution in [0.1, 0.15) is 18.1 Å². The summed E-state index contributed by atoms with van der Waals surface area (Å²) in [6.07, 6.45) is -2.97. The second kappa shape index (κ2) is 6.44. The molecule has 7 heteroatoms. The van der Waals surface area contributed by atoms with Gasteiger partial charge in [0, 0.05) is 0 Å². The third-order valence-corrected chi connectivity index (χ3v) is 2.56. The van der Waals surface area contributed by atoms with E-state index in [1.807, 2.05) is 6.92 Å². The largest absolute Gasteiger partial charge is 0.416 e. The number of alkyl halides is 3. The molecule has 0 aromatic heterocycles. The van der Waals surface area contributed by atoms with Gasteiger partial charge >= 0.3 is 6.18 Å². The SMILES string of the molecule is CCS/C(N)=N\N=C\c1ccc(C(F)(F)F)cc1. The Morgan fingerprint density at radius 1 is 1.33 bits per heavy atom. The van der Waals surface area contributed by atoms with E-state index >= 15 is 0 Å². The highest BCUT2D eigenvalue weighted by Crippen LogP contribution is 2.28. The molecule has 0 bridgehead atoms. The summed E-state index contributed by atoms with van der Waals surface area (Å²) in [5.41, 5.74) is 5.32. The zero-order chi connectivity index (χ0) is 13.6. The predicted molar refractivity (Wildman–Crippen MR) is 68.8 cm³/mol. The zero-order valence-corrected chi connectivity index (χ0v) is 10.4. The molecule has 0 unspecified atom stereocenters. The summed E-state index contributed by atoms with van der Waals surface area (Å²) in [4.78, 5) is 0. The smallest absolute Gasteiger partial charge is 0.377 e. The van der Waals surface area contributed by atoms with Crippen LogP contribution in [0.2, 0.25) is 0 Å². The van der Waals surface area contributed by atoms with Crippen molar-refractivity contribution in [2.45, 2.75) is 13.1 Å². The molecule has 1 aromatic rings. The van der Waals surface area contributed by atoms with Crippen molar-refractivity contribution in [3.63, 3.8) is 0 Å². The van der Waals surface area contributed by atoms with Crippen molar-refractivity contribution < 1.29 is 13.2 Å². The van der Waals surface area contributed by atoms with Gasteiger partial charge in [-0.25, -0.2) is 0 Å². The first-order chi connectivity index (χ1) is 8.43. The van der Waals surface area contributed by atoms with Gasteiger partial charge in [-0.1, -0.05) is 30.8 Å². The Hall–Kier alpha value is -1.50. The van der Waals surface area contributed by atoms with Crippen LogP contribution in [0.3, 0.4) is 0 Å². The molecular weight excluding hydrogens is 263 g/mol. The summed E-state index contributed by atoms with van der Waals surface area (Å²) >= 11 is 1.34. The van der Waals surface area contributed by atoms with Gasteiger partial charge in [-0.2, -0.15) is 18.3 Å². The van der Waals surface area contributed by atoms with E-state index in [1.165, 1.54) is 30.1 Å². The molecular formula is C11H12F3N3S. The maximum absolute atomic E-state index is 12.3. The average Bonchev–Trinajstić information content (AvgIpc) is 2.29. The third kappa shape index (κ3) is 4.79. The number of hydrogen-bond acceptors (Lipinski definition) is 3. The molecule has 3 nitrogen and oxygen atoms in total. The maximum Gasteiger partial charge on any atom is 0.416 e. The van der Waals surface area contributed by atoms with Gasteiger partial charge < -0.3 is 5.73 Å². The topological polar surface area (TPSA) is 50.7 Å². The van der Waals surface area contributed by atoms with Crippen molar-refractivity contribution in [3.05, 3.63) is 35.4 Å². The molecule has 0 aliphatic heterocycles. The van der Waals surface area contributed by atoms with E-state index in [-0.39, 0.29) is 0 Å². The van der Waals surface area contributed by atoms with Crippen molar-refractivity contribution >= 4 is 23.1 Å². The Bertz CT molecular complexity index is 438. The number of rotatable bonds is 3. The second-order valence-corrected chi connectivity index (χ2v) is 4.52. The standard InChI is InChI=1S/C11H12F3N3S/c1-2-18-10(15)17-16-7-8-3-5-9(6-4-8)11(12,13)14/h3-7H,2H2,1H3,(H2,15,17)/b16-7+. The first-order valence-electron chi connectivity index (χ1n) is 5.10. The number of amidine groups is 1. The van der Waals surface area contributed by atoms with Crippen LogP contribution in [-0.4, -0.2) is 17.1 Å². The van der Waals surface area contributed by atoms with Gasteiger partial charge in [0.05, 0.1) is 11.8 Å². The Labute approximate surface area is 107 Å². The second-order valence-electron chi connectivity index (χ2n) is 3.24. The lowest BCUT2D eigenvalue weighted by atomic mass is 10.1. The van der Waals surface area contributed by atoms with E-state index in [0.717, 1.165) is 17.9 Å². The summed E-state index contributed by atoms with van der Waals surface area (Å²) in [5, 5.41) is 7.69. The number of halogens is 3. The van der Waals surface area contributed by atoms with E-state index in [9.17, 15) is 13.2 Å². The van der Waals surface area contributed by atoms with Crippen molar-refractivity contribution in [3.8, 4) is 0 Å². The van der Waals surface area contributed by atoms with Gasteiger partial charge in [-0.15, -0.1) is 5.10 Å². The molecule has 2 N–H and O–H groups in total. The lowest BCUT2D eigenvalue weighted by Gasteiger charge is -2.05. The summed E-state index contributed by atoms with van der Waals surface area (Å²) < 4.78 is 36.9. The molecule has 0 fully saturated rings. The van der Waals surface area contributed by atoms with E-state index in [2.05, 4.69) is 10.2 Å². The number of nitrogens with two attached hydrogens (primary N) is 1. The Morgan fingerprint density at radius 3 is 2.44 bits per heavy atom. The van der Waals surface area contributed by atoms with Gasteiger partial charge in [0.1, 0.15) is 0 Å². The van der Waals surface area contributed by atoms with E-state index in [4.69, 9.17) is 5.73 Å². The molecule has 0 saturated carbocycles. The number of hydrogen-bond donors (Lipinski definition) is 1. The summed E-state index contributed by atoms with van der Waals surface area (Å²) in [5.74, 6) is 0.783. The number of benzene rings is 1. The molecule has 0 heterocycles. The summed E-state index contributed by atoms with van der Waals surface area (Å²) in [6.45, 7) is 1.92. The highest BCUT2D eigenvalue weighted by Gasteiger charge is 2.29. The maximum atomic E-state index is 12.3. The van der Waals surface area contributed by atoms with Crippen LogP contribution in [-0.2, 0) is 6.18 Å². The minimum atomic E-state index is -4.32. The van der Waals surface area contributed by atoms with Gasteiger partial charge in [-0.3, -0.25) is 0 Å². The normalized spacial score (nSPS) is 13.2. The van der Waals surface area contributed by atoms with Crippen molar-refractivity contribution in [1.29, 1.82) is 0 Å². The molecule has 0 spiro atoms. The molecule has 0 saturated heterocycles. The van der Waals surface area contributed by atoms with Gasteiger partial charge in [0.2, 0.25) is 0 Å². The van der Waals surface area contributed by atoms with Crippen LogP contribution < -0.4 is 5.73 Å². The van der Waals surface area contributed by atoms with Gasteiger partial charge in [0.15, 0.2) is 5.17 Å². The predicted octanol–water partition coefficient (Wildman–Crippen LogP) is 3.11. The lowest BCUT2D eigenvalue weighted by molar-refractivity contribution is -0.137. The fourth-order valence-electron chi connectivity index (χ4n) is 1.09. The highest BCUT2D eigenvalue weighted by atomic mass is 32.2. The minimum Gasteiger partial charge on any atom is -0.377 e. The van der Waals surface area contributed by atoms with Crippen molar-refractivity contribution in [2.75, 3.05) is 5.75 Å². The van der Waals surface area contributed by atoms with Crippen LogP contribution >= 0.6 is 11.8 Å². The van der Waals surface area contributed by atoms with Gasteiger partial charge in [-0.05, 0) is 23.4 Å². The highest BCUT2D eigenvalue weighted by molar-refractivity contribution is 8.13. The fourth-order valence-corrected chi connectivity index (χ4v) is 1.49. The molecule has 0 aliphatic rings. The van der Waals surface area contributed by atoms with Crippen LogP contribution in [0, 0.1) is 0 Å². The monoisotopic (exact) mass is 275 g/mol. The molecule has 0 atom stereocenters. The molecule has 0 amide bonds. The number of thioether (sulfide) groups is 1. The number of nitrogens with zero attached hydrogens (tertiary/aromatic N) is 2. The van der Waals surface area contributed by atoms with Crippen LogP contribution in [0.15, 0.2) is 34.5 Å². The molecule has 0 aliphatic carbocycles. The van der Waals surface area contributed by atoms with Crippen LogP contribution in [0.4, 0.5) is 13.2 Å². The summed E-state index contributed by atoms with van der Waals surface area (Å²) in [7, 11) is 0. The molecule has 1 aromatic carbocycles. The zero-order valence-electron chi connectivity index (χ0n) is 9.61. The minimum absolute atomic E-state index is 0.320. The van der Waals surface area contributed by atoms with E-state index in [0.29, 0.717) is 10.7 Å². The quantitative estimate of drug-likeness (QED) is 0.523. The first kappa shape index (κ1) is 14.6. The Balaban J connectivity index is 2.70. The van der Waals surface area contributed by atoms with E-state index < -0.39 is 11.7 Å². The van der Waals surface area contributed by atoms with Crippen LogP contribution in [0.5, 0.6) is 0 Å². The summed E-state index contributed by atoms with van der Waals surface area (Å²) in [6, 6.07) is 4.64. The third-order valence-electron chi connectivity index (χ3n) is 1.89. The lowest BCUT2D eigenvalue weighted by Crippen LogP contribution is -2.05. The Kier molecular flexibility index (Phi) is 5.21. The Morgan fingerprint density at radius 2 is 1.94 bits per heavy atom.